The Bertz CT molecular complexity index is 706. The number of fused-ring (bicyclic) bond motifs is 1. The maximum absolute atomic E-state index is 11.3. The maximum Gasteiger partial charge on any atom is 0.248 e. The van der Waals surface area contributed by atoms with Gasteiger partial charge in [0, 0.05) is 23.7 Å². The van der Waals surface area contributed by atoms with Crippen LogP contribution in [-0.2, 0) is 0 Å². The molecule has 0 aliphatic heterocycles. The van der Waals surface area contributed by atoms with Crippen molar-refractivity contribution in [3.8, 4) is 0 Å². The summed E-state index contributed by atoms with van der Waals surface area (Å²) in [7, 11) is 0. The number of aromatic nitrogens is 1. The molecule has 0 aliphatic rings. The molecule has 20 heavy (non-hydrogen) atoms. The highest BCUT2D eigenvalue weighted by molar-refractivity contribution is 5.82. The van der Waals surface area contributed by atoms with Crippen LogP contribution in [0.1, 0.15) is 18.1 Å². The van der Waals surface area contributed by atoms with Crippen molar-refractivity contribution >= 4 is 10.8 Å². The van der Waals surface area contributed by atoms with Gasteiger partial charge in [0.25, 0.3) is 0 Å². The van der Waals surface area contributed by atoms with Crippen LogP contribution in [-0.4, -0.2) is 27.8 Å². The molecule has 0 saturated heterocycles. The topological polar surface area (TPSA) is 122 Å². The van der Waals surface area contributed by atoms with E-state index in [1.807, 2.05) is 0 Å². The summed E-state index contributed by atoms with van der Waals surface area (Å²) in [5, 5.41) is 24.7. The number of aromatic amines is 1. The second-order valence-corrected chi connectivity index (χ2v) is 4.44. The number of aliphatic hydroxyl groups is 2. The predicted molar refractivity (Wildman–Crippen MR) is 74.2 cm³/mol. The van der Waals surface area contributed by atoms with Crippen molar-refractivity contribution in [2.24, 2.45) is 5.11 Å². The first kappa shape index (κ1) is 14.1. The van der Waals surface area contributed by atoms with Crippen LogP contribution in [0.3, 0.4) is 0 Å². The first-order valence-corrected chi connectivity index (χ1v) is 6.11. The zero-order valence-electron chi connectivity index (χ0n) is 10.6. The second kappa shape index (κ2) is 6.21. The number of rotatable bonds is 5. The van der Waals surface area contributed by atoms with Crippen molar-refractivity contribution in [1.29, 1.82) is 0 Å². The number of azide groups is 1. The van der Waals surface area contributed by atoms with Crippen molar-refractivity contribution in [3.63, 3.8) is 0 Å². The number of nitrogens with one attached hydrogen (secondary N) is 1. The average Bonchev–Trinajstić information content (AvgIpc) is 2.45. The van der Waals surface area contributed by atoms with E-state index in [9.17, 15) is 15.0 Å². The van der Waals surface area contributed by atoms with Crippen molar-refractivity contribution in [3.05, 3.63) is 56.8 Å². The van der Waals surface area contributed by atoms with Gasteiger partial charge in [0.05, 0.1) is 6.10 Å². The Morgan fingerprint density at radius 3 is 2.85 bits per heavy atom. The SMILES string of the molecule is [N-]=[N+]=NCCC(O)C(O)c1ccc2c[nH]c(=O)cc2c1. The highest BCUT2D eigenvalue weighted by atomic mass is 16.3. The number of pyridine rings is 1. The van der Waals surface area contributed by atoms with E-state index >= 15 is 0 Å². The van der Waals surface area contributed by atoms with Crippen LogP contribution in [0.5, 0.6) is 0 Å². The van der Waals surface area contributed by atoms with Crippen LogP contribution in [0.25, 0.3) is 21.2 Å². The van der Waals surface area contributed by atoms with E-state index in [0.29, 0.717) is 10.9 Å². The molecule has 1 aromatic carbocycles. The van der Waals surface area contributed by atoms with Gasteiger partial charge >= 0.3 is 0 Å². The lowest BCUT2D eigenvalue weighted by molar-refractivity contribution is 0.0151. The summed E-state index contributed by atoms with van der Waals surface area (Å²) in [5.74, 6) is 0. The molecule has 0 aliphatic carbocycles. The van der Waals surface area contributed by atoms with Crippen molar-refractivity contribution in [1.82, 2.24) is 4.98 Å². The first-order chi connectivity index (χ1) is 9.61. The molecule has 0 spiro atoms. The third-order valence-electron chi connectivity index (χ3n) is 3.06. The Kier molecular flexibility index (Phi) is 4.37. The number of hydrogen-bond acceptors (Lipinski definition) is 4. The third kappa shape index (κ3) is 3.16. The molecule has 0 saturated carbocycles. The second-order valence-electron chi connectivity index (χ2n) is 4.44. The summed E-state index contributed by atoms with van der Waals surface area (Å²) in [6.07, 6.45) is -0.364. The largest absolute Gasteiger partial charge is 0.390 e. The lowest BCUT2D eigenvalue weighted by Crippen LogP contribution is -2.19. The molecule has 2 unspecified atom stereocenters. The molecule has 3 N–H and O–H groups in total. The van der Waals surface area contributed by atoms with Gasteiger partial charge in [-0.25, -0.2) is 0 Å². The van der Waals surface area contributed by atoms with Gasteiger partial charge in [0.1, 0.15) is 6.10 Å². The van der Waals surface area contributed by atoms with Crippen LogP contribution in [0, 0.1) is 0 Å². The molecular weight excluding hydrogens is 260 g/mol. The minimum absolute atomic E-state index is 0.113. The van der Waals surface area contributed by atoms with Crippen LogP contribution < -0.4 is 5.56 Å². The van der Waals surface area contributed by atoms with E-state index in [-0.39, 0.29) is 18.5 Å². The molecule has 1 aromatic heterocycles. The Balaban J connectivity index is 2.23. The molecule has 2 aromatic rings. The number of benzene rings is 1. The van der Waals surface area contributed by atoms with E-state index in [1.165, 1.54) is 6.07 Å². The number of aliphatic hydroxyl groups excluding tert-OH is 2. The van der Waals surface area contributed by atoms with Crippen LogP contribution in [0.2, 0.25) is 0 Å². The zero-order valence-corrected chi connectivity index (χ0v) is 10.6. The van der Waals surface area contributed by atoms with Crippen molar-refractivity contribution in [2.45, 2.75) is 18.6 Å². The van der Waals surface area contributed by atoms with E-state index in [0.717, 1.165) is 5.39 Å². The average molecular weight is 274 g/mol. The van der Waals surface area contributed by atoms with Crippen LogP contribution >= 0.6 is 0 Å². The standard InChI is InChI=1S/C13H14N4O3/c14-17-16-4-3-11(18)13(20)8-1-2-9-7-15-12(19)6-10(9)5-8/h1-2,5-7,11,13,18,20H,3-4H2,(H,15,19). The quantitative estimate of drug-likeness (QED) is 0.436. The van der Waals surface area contributed by atoms with Gasteiger partial charge in [-0.2, -0.15) is 0 Å². The van der Waals surface area contributed by atoms with Gasteiger partial charge in [-0.05, 0) is 34.4 Å². The fourth-order valence-electron chi connectivity index (χ4n) is 1.98. The zero-order chi connectivity index (χ0) is 14.5. The minimum Gasteiger partial charge on any atom is -0.390 e. The number of hydrogen-bond donors (Lipinski definition) is 3. The van der Waals surface area contributed by atoms with Gasteiger partial charge < -0.3 is 15.2 Å². The molecule has 2 rings (SSSR count). The Morgan fingerprint density at radius 1 is 1.30 bits per heavy atom. The van der Waals surface area contributed by atoms with E-state index < -0.39 is 12.2 Å². The monoisotopic (exact) mass is 274 g/mol. The summed E-state index contributed by atoms with van der Waals surface area (Å²) in [4.78, 5) is 16.4. The fourth-order valence-corrected chi connectivity index (χ4v) is 1.98. The summed E-state index contributed by atoms with van der Waals surface area (Å²) in [5.41, 5.74) is 8.44. The Labute approximate surface area is 114 Å². The van der Waals surface area contributed by atoms with Crippen LogP contribution in [0.4, 0.5) is 0 Å². The van der Waals surface area contributed by atoms with Gasteiger partial charge in [-0.3, -0.25) is 4.79 Å². The Morgan fingerprint density at radius 2 is 2.10 bits per heavy atom. The lowest BCUT2D eigenvalue weighted by atomic mass is 9.99. The van der Waals surface area contributed by atoms with Crippen LogP contribution in [0.15, 0.2) is 40.4 Å². The molecule has 0 fully saturated rings. The molecule has 7 heteroatoms. The summed E-state index contributed by atoms with van der Waals surface area (Å²) in [6, 6.07) is 6.52. The van der Waals surface area contributed by atoms with E-state index in [4.69, 9.17) is 5.53 Å². The van der Waals surface area contributed by atoms with E-state index in [1.54, 1.807) is 24.4 Å². The summed E-state index contributed by atoms with van der Waals surface area (Å²) < 4.78 is 0. The number of H-pyrrole nitrogens is 1. The molecule has 2 atom stereocenters. The molecule has 0 bridgehead atoms. The smallest absolute Gasteiger partial charge is 0.248 e. The highest BCUT2D eigenvalue weighted by Crippen LogP contribution is 2.22. The molecule has 0 amide bonds. The van der Waals surface area contributed by atoms with Gasteiger partial charge in [0.15, 0.2) is 0 Å². The van der Waals surface area contributed by atoms with Crippen molar-refractivity contribution in [2.75, 3.05) is 6.54 Å². The molecular formula is C13H14N4O3. The molecule has 104 valence electrons. The maximum atomic E-state index is 11.3. The Hall–Kier alpha value is -2.34. The molecule has 1 heterocycles. The van der Waals surface area contributed by atoms with Crippen molar-refractivity contribution < 1.29 is 10.2 Å². The summed E-state index contributed by atoms with van der Waals surface area (Å²) in [6.45, 7) is 0.113. The van der Waals surface area contributed by atoms with E-state index in [2.05, 4.69) is 15.0 Å². The van der Waals surface area contributed by atoms with Gasteiger partial charge in [-0.15, -0.1) is 0 Å². The fraction of sp³-hybridized carbons (Fsp3) is 0.308. The molecule has 0 radical (unpaired) electrons. The first-order valence-electron chi connectivity index (χ1n) is 6.11. The number of nitrogens with zero attached hydrogens (tertiary/aromatic N) is 3. The highest BCUT2D eigenvalue weighted by Gasteiger charge is 2.18. The molecule has 7 nitrogen and oxygen atoms in total. The lowest BCUT2D eigenvalue weighted by Gasteiger charge is -2.17. The normalized spacial score (nSPS) is 13.7. The predicted octanol–water partition coefficient (Wildman–Crippen LogP) is 1.62. The minimum atomic E-state index is -1.09. The third-order valence-corrected chi connectivity index (χ3v) is 3.06. The summed E-state index contributed by atoms with van der Waals surface area (Å²) >= 11 is 0. The van der Waals surface area contributed by atoms with Gasteiger partial charge in [-0.1, -0.05) is 17.2 Å². The van der Waals surface area contributed by atoms with Gasteiger partial charge in [0.2, 0.25) is 5.56 Å².